The number of carbonyl (C=O) groups excluding carboxylic acids is 1. The Balaban J connectivity index is 2.33. The van der Waals surface area contributed by atoms with Gasteiger partial charge in [-0.15, -0.1) is 0 Å². The van der Waals surface area contributed by atoms with Crippen LogP contribution >= 0.6 is 0 Å². The fourth-order valence-corrected chi connectivity index (χ4v) is 3.61. The van der Waals surface area contributed by atoms with Crippen molar-refractivity contribution in [2.24, 2.45) is 0 Å². The van der Waals surface area contributed by atoms with Gasteiger partial charge < -0.3 is 70.2 Å². The Hall–Kier alpha value is -1.05. The third-order valence-electron chi connectivity index (χ3n) is 5.47. The lowest BCUT2D eigenvalue weighted by atomic mass is 9.95. The Kier molecular flexibility index (Phi) is 10.8. The first kappa shape index (κ1) is 28.2. The van der Waals surface area contributed by atoms with Crippen LogP contribution in [0, 0.1) is 0 Å². The molecule has 2 fully saturated rings. The van der Waals surface area contributed by atoms with Crippen molar-refractivity contribution in [1.82, 2.24) is 5.32 Å². The van der Waals surface area contributed by atoms with Gasteiger partial charge in [0.2, 0.25) is 5.91 Å². The lowest BCUT2D eigenvalue weighted by Gasteiger charge is -2.48. The number of hydrogen-bond donors (Lipinski definition) is 10. The number of aliphatic hydroxyl groups excluding tert-OH is 9. The summed E-state index contributed by atoms with van der Waals surface area (Å²) < 4.78 is 21.8. The highest BCUT2D eigenvalue weighted by atomic mass is 16.7. The summed E-state index contributed by atoms with van der Waals surface area (Å²) >= 11 is 0. The number of carbonyl (C=O) groups is 1. The van der Waals surface area contributed by atoms with Crippen LogP contribution in [-0.4, -0.2) is 152 Å². The van der Waals surface area contributed by atoms with Crippen LogP contribution in [0.5, 0.6) is 0 Å². The van der Waals surface area contributed by atoms with Crippen molar-refractivity contribution in [3.8, 4) is 0 Å². The van der Waals surface area contributed by atoms with E-state index in [4.69, 9.17) is 24.1 Å². The minimum absolute atomic E-state index is 0.641. The molecule has 0 aromatic carbocycles. The van der Waals surface area contributed by atoms with Crippen LogP contribution in [0.1, 0.15) is 6.92 Å². The molecule has 0 spiro atoms. The topological polar surface area (TPSA) is 248 Å². The Morgan fingerprint density at radius 3 is 1.97 bits per heavy atom. The highest BCUT2D eigenvalue weighted by Gasteiger charge is 2.52. The molecule has 15 heteroatoms. The van der Waals surface area contributed by atoms with Gasteiger partial charge in [-0.25, -0.2) is 0 Å². The zero-order valence-corrected chi connectivity index (χ0v) is 17.8. The first-order valence-corrected chi connectivity index (χ1v) is 10.3. The van der Waals surface area contributed by atoms with E-state index in [1.807, 2.05) is 0 Å². The summed E-state index contributed by atoms with van der Waals surface area (Å²) in [5.41, 5.74) is 0. The van der Waals surface area contributed by atoms with E-state index in [0.717, 1.165) is 6.92 Å². The molecule has 12 atom stereocenters. The molecule has 0 radical (unpaired) electrons. The first-order valence-electron chi connectivity index (χ1n) is 10.3. The Bertz CT molecular complexity index is 611. The summed E-state index contributed by atoms with van der Waals surface area (Å²) in [5, 5.41) is 90.7. The molecule has 15 nitrogen and oxygen atoms in total. The molecule has 2 unspecified atom stereocenters. The molecule has 2 heterocycles. The molecular formula is C18H33NO14. The maximum absolute atomic E-state index is 11.8. The van der Waals surface area contributed by atoms with E-state index in [2.05, 4.69) is 5.32 Å². The highest BCUT2D eigenvalue weighted by molar-refractivity contribution is 5.73. The van der Waals surface area contributed by atoms with Crippen LogP contribution in [0.2, 0.25) is 0 Å². The maximum atomic E-state index is 11.8. The lowest BCUT2D eigenvalue weighted by Crippen LogP contribution is -2.68. The second kappa shape index (κ2) is 12.6. The molecule has 194 valence electrons. The van der Waals surface area contributed by atoms with E-state index in [1.165, 1.54) is 0 Å². The molecule has 2 rings (SSSR count). The van der Waals surface area contributed by atoms with Crippen LogP contribution in [0.4, 0.5) is 0 Å². The summed E-state index contributed by atoms with van der Waals surface area (Å²) in [6.07, 6.45) is -17.3. The van der Waals surface area contributed by atoms with Crippen LogP contribution in [-0.2, 0) is 23.7 Å². The Labute approximate surface area is 188 Å². The van der Waals surface area contributed by atoms with Crippen LogP contribution in [0.15, 0.2) is 0 Å². The molecule has 1 amide bonds. The van der Waals surface area contributed by atoms with E-state index in [0.29, 0.717) is 0 Å². The number of amides is 1. The quantitative estimate of drug-likeness (QED) is 0.138. The minimum atomic E-state index is -1.83. The molecular weight excluding hydrogens is 454 g/mol. The smallest absolute Gasteiger partial charge is 0.217 e. The van der Waals surface area contributed by atoms with Crippen LogP contribution in [0.25, 0.3) is 0 Å². The lowest BCUT2D eigenvalue weighted by molar-refractivity contribution is -0.349. The van der Waals surface area contributed by atoms with Crippen molar-refractivity contribution >= 4 is 5.91 Å². The number of nitrogens with one attached hydrogen (secondary N) is 1. The molecule has 0 aliphatic carbocycles. The van der Waals surface area contributed by atoms with Crippen molar-refractivity contribution in [2.45, 2.75) is 80.5 Å². The van der Waals surface area contributed by atoms with Gasteiger partial charge in [0.1, 0.15) is 61.0 Å². The standard InChI is InChI=1S/C18H33NO14/c1-6(24)19-11-16(33-18-15(29)14(28)12(26)9(4-22)32-18)13(27)10(5-23)31-17(11)30-8(3-21)7(25)2-20/h7-18,20-23,25-29H,2-5H2,1H3,(H,19,24)/t7?,8?,9-,10-,11-,12+,13+,14+,15-,16-,17-,18+/m1/s1. The van der Waals surface area contributed by atoms with Crippen molar-refractivity contribution in [3.05, 3.63) is 0 Å². The summed E-state index contributed by atoms with van der Waals surface area (Å²) in [5.74, 6) is -0.641. The highest BCUT2D eigenvalue weighted by Crippen LogP contribution is 2.30. The largest absolute Gasteiger partial charge is 0.394 e. The van der Waals surface area contributed by atoms with Crippen molar-refractivity contribution < 1.29 is 69.7 Å². The average molecular weight is 487 g/mol. The van der Waals surface area contributed by atoms with Gasteiger partial charge >= 0.3 is 0 Å². The van der Waals surface area contributed by atoms with Gasteiger partial charge in [0.05, 0.1) is 26.4 Å². The van der Waals surface area contributed by atoms with Gasteiger partial charge in [-0.2, -0.15) is 0 Å². The third kappa shape index (κ3) is 6.55. The van der Waals surface area contributed by atoms with E-state index in [1.54, 1.807) is 0 Å². The second-order valence-electron chi connectivity index (χ2n) is 7.85. The number of aliphatic hydroxyl groups is 9. The Morgan fingerprint density at radius 2 is 1.45 bits per heavy atom. The first-order chi connectivity index (χ1) is 15.6. The SMILES string of the molecule is CC(=O)N[C@H]1[C@H](OC(CO)C(O)CO)O[C@H](CO)[C@H](O)[C@@H]1O[C@@H]1O[C@H](CO)[C@H](O)[C@H](O)[C@H]1O. The zero-order chi connectivity index (χ0) is 24.9. The predicted molar refractivity (Wildman–Crippen MR) is 103 cm³/mol. The van der Waals surface area contributed by atoms with Gasteiger partial charge in [-0.1, -0.05) is 0 Å². The van der Waals surface area contributed by atoms with Gasteiger partial charge in [0, 0.05) is 6.92 Å². The summed E-state index contributed by atoms with van der Waals surface area (Å²) in [7, 11) is 0. The monoisotopic (exact) mass is 487 g/mol. The number of hydrogen-bond acceptors (Lipinski definition) is 14. The second-order valence-corrected chi connectivity index (χ2v) is 7.85. The molecule has 2 aliphatic rings. The van der Waals surface area contributed by atoms with Gasteiger partial charge in [0.15, 0.2) is 12.6 Å². The van der Waals surface area contributed by atoms with Crippen LogP contribution in [0.3, 0.4) is 0 Å². The molecule has 2 aliphatic heterocycles. The minimum Gasteiger partial charge on any atom is -0.394 e. The van der Waals surface area contributed by atoms with Crippen molar-refractivity contribution in [2.75, 3.05) is 26.4 Å². The molecule has 10 N–H and O–H groups in total. The number of rotatable bonds is 10. The van der Waals surface area contributed by atoms with Gasteiger partial charge in [-0.05, 0) is 0 Å². The normalized spacial score (nSPS) is 41.4. The average Bonchev–Trinajstić information content (AvgIpc) is 2.79. The molecule has 2 saturated heterocycles. The summed E-state index contributed by atoms with van der Waals surface area (Å²) in [6.45, 7) is -1.91. The fraction of sp³-hybridized carbons (Fsp3) is 0.944. The van der Waals surface area contributed by atoms with E-state index in [-0.39, 0.29) is 0 Å². The number of ether oxygens (including phenoxy) is 4. The van der Waals surface area contributed by atoms with E-state index in [9.17, 15) is 45.6 Å². The van der Waals surface area contributed by atoms with E-state index >= 15 is 0 Å². The molecule has 33 heavy (non-hydrogen) atoms. The summed E-state index contributed by atoms with van der Waals surface area (Å²) in [4.78, 5) is 11.8. The Morgan fingerprint density at radius 1 is 0.879 bits per heavy atom. The predicted octanol–water partition coefficient (Wildman–Crippen LogP) is -6.51. The third-order valence-corrected chi connectivity index (χ3v) is 5.47. The molecule has 0 bridgehead atoms. The molecule has 0 saturated carbocycles. The maximum Gasteiger partial charge on any atom is 0.217 e. The van der Waals surface area contributed by atoms with Crippen LogP contribution < -0.4 is 5.32 Å². The van der Waals surface area contributed by atoms with Gasteiger partial charge in [-0.3, -0.25) is 4.79 Å². The molecule has 0 aromatic heterocycles. The zero-order valence-electron chi connectivity index (χ0n) is 17.8. The van der Waals surface area contributed by atoms with E-state index < -0.39 is 106 Å². The van der Waals surface area contributed by atoms with Gasteiger partial charge in [0.25, 0.3) is 0 Å². The fourth-order valence-electron chi connectivity index (χ4n) is 3.61. The van der Waals surface area contributed by atoms with Crippen molar-refractivity contribution in [1.29, 1.82) is 0 Å². The summed E-state index contributed by atoms with van der Waals surface area (Å²) in [6, 6.07) is -1.37. The van der Waals surface area contributed by atoms with Crippen molar-refractivity contribution in [3.63, 3.8) is 0 Å². The molecule has 0 aromatic rings.